The molecule has 6 nitrogen and oxygen atoms in total. The van der Waals surface area contributed by atoms with Gasteiger partial charge in [0.2, 0.25) is 0 Å². The SMILES string of the molecule is CC(=O)O[C@H]1/C=C/[C@H](C)[C@@H](/C(C)=C/C=C/C(C)(O)c2ccccc2)OC(=O)C[C@H](C)CC[C@@]1(C)O. The molecule has 1 heterocycles. The predicted molar refractivity (Wildman–Crippen MR) is 136 cm³/mol. The molecule has 6 atom stereocenters. The highest BCUT2D eigenvalue weighted by Gasteiger charge is 2.34. The normalized spacial score (nSPS) is 31.5. The van der Waals surface area contributed by atoms with E-state index in [2.05, 4.69) is 0 Å². The van der Waals surface area contributed by atoms with Crippen molar-refractivity contribution in [2.75, 3.05) is 0 Å². The predicted octanol–water partition coefficient (Wildman–Crippen LogP) is 5.00. The average Bonchev–Trinajstić information content (AvgIpc) is 2.78. The van der Waals surface area contributed by atoms with Crippen LogP contribution < -0.4 is 0 Å². The molecule has 0 aromatic heterocycles. The Morgan fingerprint density at radius 2 is 1.86 bits per heavy atom. The van der Waals surface area contributed by atoms with Crippen molar-refractivity contribution in [2.24, 2.45) is 11.8 Å². The second-order valence-corrected chi connectivity index (χ2v) is 10.2. The second kappa shape index (κ2) is 12.3. The number of carbonyl (C=O) groups excluding carboxylic acids is 2. The number of allylic oxidation sites excluding steroid dienone is 2. The monoisotopic (exact) mass is 484 g/mol. The summed E-state index contributed by atoms with van der Waals surface area (Å²) in [6.07, 6.45) is 8.61. The van der Waals surface area contributed by atoms with Crippen LogP contribution in [0.15, 0.2) is 66.3 Å². The van der Waals surface area contributed by atoms with Crippen LogP contribution in [0.3, 0.4) is 0 Å². The number of benzene rings is 1. The number of cyclic esters (lactones) is 1. The molecule has 0 amide bonds. The lowest BCUT2D eigenvalue weighted by atomic mass is 9.87. The third-order valence-corrected chi connectivity index (χ3v) is 6.48. The Bertz CT molecular complexity index is 941. The van der Waals surface area contributed by atoms with Gasteiger partial charge in [-0.3, -0.25) is 9.59 Å². The summed E-state index contributed by atoms with van der Waals surface area (Å²) in [6.45, 7) is 10.4. The number of hydrogen-bond donors (Lipinski definition) is 2. The molecule has 0 radical (unpaired) electrons. The van der Waals surface area contributed by atoms with Crippen molar-refractivity contribution in [3.63, 3.8) is 0 Å². The lowest BCUT2D eigenvalue weighted by Crippen LogP contribution is -2.41. The maximum Gasteiger partial charge on any atom is 0.306 e. The highest BCUT2D eigenvalue weighted by atomic mass is 16.6. The zero-order valence-electron chi connectivity index (χ0n) is 21.7. The Kier molecular flexibility index (Phi) is 10.0. The minimum atomic E-state index is -1.26. The molecule has 1 aromatic carbocycles. The molecule has 0 spiro atoms. The molecular formula is C29H40O6. The van der Waals surface area contributed by atoms with Crippen molar-refractivity contribution in [2.45, 2.75) is 84.2 Å². The summed E-state index contributed by atoms with van der Waals surface area (Å²) in [5.74, 6) is -1.02. The molecular weight excluding hydrogens is 444 g/mol. The molecule has 2 rings (SSSR count). The summed E-state index contributed by atoms with van der Waals surface area (Å²) in [7, 11) is 0. The minimum Gasteiger partial charge on any atom is -0.457 e. The number of hydrogen-bond acceptors (Lipinski definition) is 6. The largest absolute Gasteiger partial charge is 0.457 e. The van der Waals surface area contributed by atoms with Crippen molar-refractivity contribution in [3.05, 3.63) is 71.8 Å². The molecule has 192 valence electrons. The molecule has 0 saturated carbocycles. The standard InChI is InChI=1S/C29H40O6/c1-20-16-18-29(6,33)25(34-23(4)30)15-14-22(3)27(35-26(31)19-20)21(2)11-10-17-28(5,32)24-12-8-7-9-13-24/h7-15,17,20,22,25,27,32-33H,16,18-19H2,1-6H3/b15-14+,17-10+,21-11+/t20-,22+,25+,27-,28?,29-/m1/s1. The van der Waals surface area contributed by atoms with Crippen LogP contribution in [-0.4, -0.2) is 40.0 Å². The topological polar surface area (TPSA) is 93.1 Å². The lowest BCUT2D eigenvalue weighted by Gasteiger charge is -2.32. The van der Waals surface area contributed by atoms with E-state index in [-0.39, 0.29) is 24.2 Å². The third kappa shape index (κ3) is 8.79. The molecule has 1 aliphatic heterocycles. The van der Waals surface area contributed by atoms with Crippen LogP contribution in [0.5, 0.6) is 0 Å². The van der Waals surface area contributed by atoms with Gasteiger partial charge >= 0.3 is 11.9 Å². The Morgan fingerprint density at radius 1 is 1.20 bits per heavy atom. The number of esters is 2. The van der Waals surface area contributed by atoms with Gasteiger partial charge in [0, 0.05) is 19.3 Å². The molecule has 0 bridgehead atoms. The van der Waals surface area contributed by atoms with Crippen molar-refractivity contribution in [1.29, 1.82) is 0 Å². The lowest BCUT2D eigenvalue weighted by molar-refractivity contribution is -0.156. The first-order chi connectivity index (χ1) is 16.3. The van der Waals surface area contributed by atoms with Crippen LogP contribution in [0.4, 0.5) is 0 Å². The van der Waals surface area contributed by atoms with Crippen LogP contribution in [0.1, 0.15) is 66.4 Å². The zero-order valence-corrected chi connectivity index (χ0v) is 21.7. The highest BCUT2D eigenvalue weighted by molar-refractivity contribution is 5.70. The molecule has 0 saturated heterocycles. The maximum atomic E-state index is 12.7. The Morgan fingerprint density at radius 3 is 2.49 bits per heavy atom. The van der Waals surface area contributed by atoms with E-state index in [0.29, 0.717) is 12.8 Å². The van der Waals surface area contributed by atoms with E-state index in [9.17, 15) is 19.8 Å². The average molecular weight is 485 g/mol. The van der Waals surface area contributed by atoms with Crippen molar-refractivity contribution < 1.29 is 29.3 Å². The van der Waals surface area contributed by atoms with Gasteiger partial charge in [0.1, 0.15) is 23.4 Å². The van der Waals surface area contributed by atoms with Crippen molar-refractivity contribution in [3.8, 4) is 0 Å². The molecule has 1 aliphatic rings. The Labute approximate surface area is 209 Å². The van der Waals surface area contributed by atoms with Crippen LogP contribution in [0, 0.1) is 11.8 Å². The molecule has 0 fully saturated rings. The summed E-state index contributed by atoms with van der Waals surface area (Å²) in [4.78, 5) is 24.4. The van der Waals surface area contributed by atoms with E-state index in [0.717, 1.165) is 11.1 Å². The van der Waals surface area contributed by atoms with E-state index in [1.807, 2.05) is 63.3 Å². The fourth-order valence-corrected chi connectivity index (χ4v) is 4.16. The minimum absolute atomic E-state index is 0.00327. The first kappa shape index (κ1) is 28.5. The molecule has 1 unspecified atom stereocenters. The van der Waals surface area contributed by atoms with Crippen LogP contribution in [-0.2, 0) is 24.7 Å². The number of ether oxygens (including phenoxy) is 2. The summed E-state index contributed by atoms with van der Waals surface area (Å²) >= 11 is 0. The van der Waals surface area contributed by atoms with E-state index in [1.54, 1.807) is 32.1 Å². The van der Waals surface area contributed by atoms with Crippen LogP contribution in [0.2, 0.25) is 0 Å². The smallest absolute Gasteiger partial charge is 0.306 e. The van der Waals surface area contributed by atoms with Crippen LogP contribution >= 0.6 is 0 Å². The summed E-state index contributed by atoms with van der Waals surface area (Å²) < 4.78 is 11.3. The van der Waals surface area contributed by atoms with Gasteiger partial charge in [0.05, 0.1) is 0 Å². The van der Waals surface area contributed by atoms with E-state index >= 15 is 0 Å². The quantitative estimate of drug-likeness (QED) is 0.347. The molecule has 0 aliphatic carbocycles. The second-order valence-electron chi connectivity index (χ2n) is 10.2. The number of rotatable bonds is 5. The van der Waals surface area contributed by atoms with E-state index in [1.165, 1.54) is 6.92 Å². The first-order valence-electron chi connectivity index (χ1n) is 12.2. The Hall–Kier alpha value is -2.70. The summed E-state index contributed by atoms with van der Waals surface area (Å²) in [5.41, 5.74) is -0.833. The van der Waals surface area contributed by atoms with Crippen molar-refractivity contribution in [1.82, 2.24) is 0 Å². The molecule has 6 heteroatoms. The Balaban J connectivity index is 2.33. The first-order valence-corrected chi connectivity index (χ1v) is 12.2. The van der Waals surface area contributed by atoms with Gasteiger partial charge in [-0.2, -0.15) is 0 Å². The zero-order chi connectivity index (χ0) is 26.2. The van der Waals surface area contributed by atoms with Gasteiger partial charge < -0.3 is 19.7 Å². The van der Waals surface area contributed by atoms with Gasteiger partial charge in [0.25, 0.3) is 0 Å². The summed E-state index contributed by atoms with van der Waals surface area (Å²) in [6, 6.07) is 9.36. The van der Waals surface area contributed by atoms with Crippen LogP contribution in [0.25, 0.3) is 0 Å². The van der Waals surface area contributed by atoms with Crippen molar-refractivity contribution >= 4 is 11.9 Å². The molecule has 35 heavy (non-hydrogen) atoms. The fourth-order valence-electron chi connectivity index (χ4n) is 4.16. The van der Waals surface area contributed by atoms with Gasteiger partial charge in [-0.05, 0) is 62.8 Å². The molecule has 1 aromatic rings. The number of carbonyl (C=O) groups is 2. The third-order valence-electron chi connectivity index (χ3n) is 6.48. The fraction of sp³-hybridized carbons (Fsp3) is 0.517. The van der Waals surface area contributed by atoms with Gasteiger partial charge in [-0.25, -0.2) is 0 Å². The van der Waals surface area contributed by atoms with Gasteiger partial charge in [-0.15, -0.1) is 0 Å². The van der Waals surface area contributed by atoms with E-state index < -0.39 is 29.4 Å². The van der Waals surface area contributed by atoms with Gasteiger partial charge in [0.15, 0.2) is 0 Å². The summed E-state index contributed by atoms with van der Waals surface area (Å²) in [5, 5.41) is 21.8. The van der Waals surface area contributed by atoms with Gasteiger partial charge in [-0.1, -0.05) is 62.4 Å². The maximum absolute atomic E-state index is 12.7. The highest BCUT2D eigenvalue weighted by Crippen LogP contribution is 2.28. The number of aliphatic hydroxyl groups is 2. The molecule has 2 N–H and O–H groups in total. The van der Waals surface area contributed by atoms with E-state index in [4.69, 9.17) is 9.47 Å².